The van der Waals surface area contributed by atoms with Crippen LogP contribution in [0.4, 0.5) is 10.1 Å². The summed E-state index contributed by atoms with van der Waals surface area (Å²) in [6, 6.07) is 4.15. The van der Waals surface area contributed by atoms with Crippen LogP contribution in [0.5, 0.6) is 0 Å². The number of nitrogens with two attached hydrogens (primary N) is 1. The zero-order chi connectivity index (χ0) is 12.6. The van der Waals surface area contributed by atoms with Crippen molar-refractivity contribution in [1.29, 1.82) is 0 Å². The normalized spacial score (nSPS) is 11.8. The fourth-order valence-corrected chi connectivity index (χ4v) is 1.54. The Bertz CT molecular complexity index is 541. The number of hydrogen-bond acceptors (Lipinski definition) is 4. The van der Waals surface area contributed by atoms with Crippen molar-refractivity contribution >= 4 is 5.69 Å². The van der Waals surface area contributed by atoms with E-state index in [4.69, 9.17) is 5.73 Å². The second-order valence-corrected chi connectivity index (χ2v) is 4.87. The minimum atomic E-state index is -0.378. The molecule has 2 aromatic rings. The smallest absolute Gasteiger partial charge is 0.162 e. The van der Waals surface area contributed by atoms with Crippen LogP contribution in [0.25, 0.3) is 5.69 Å². The maximum atomic E-state index is 13.0. The number of nitrogens with zero attached hydrogens (tertiary/aromatic N) is 4. The second kappa shape index (κ2) is 3.80. The Morgan fingerprint density at radius 3 is 2.59 bits per heavy atom. The van der Waals surface area contributed by atoms with Crippen molar-refractivity contribution in [3.63, 3.8) is 0 Å². The lowest BCUT2D eigenvalue weighted by atomic mass is 9.95. The van der Waals surface area contributed by atoms with Gasteiger partial charge in [0.15, 0.2) is 5.82 Å². The topological polar surface area (TPSA) is 69.6 Å². The fourth-order valence-electron chi connectivity index (χ4n) is 1.54. The number of anilines is 1. The lowest BCUT2D eigenvalue weighted by Gasteiger charge is -2.17. The molecule has 90 valence electrons. The second-order valence-electron chi connectivity index (χ2n) is 4.87. The molecule has 0 saturated carbocycles. The molecule has 1 heterocycles. The summed E-state index contributed by atoms with van der Waals surface area (Å²) in [4.78, 5) is 0. The van der Waals surface area contributed by atoms with Crippen LogP contribution in [0.2, 0.25) is 0 Å². The number of tetrazole rings is 1. The van der Waals surface area contributed by atoms with E-state index in [2.05, 4.69) is 15.5 Å². The molecule has 5 nitrogen and oxygen atoms in total. The van der Waals surface area contributed by atoms with Crippen LogP contribution in [0.1, 0.15) is 26.6 Å². The summed E-state index contributed by atoms with van der Waals surface area (Å²) in [6.07, 6.45) is 0. The molecule has 1 aromatic heterocycles. The highest BCUT2D eigenvalue weighted by molar-refractivity contribution is 5.57. The largest absolute Gasteiger partial charge is 0.397 e. The number of benzene rings is 1. The first-order chi connectivity index (χ1) is 7.89. The van der Waals surface area contributed by atoms with Crippen LogP contribution in [0, 0.1) is 5.82 Å². The maximum absolute atomic E-state index is 13.0. The molecular formula is C11H14FN5. The van der Waals surface area contributed by atoms with Gasteiger partial charge in [0, 0.05) is 5.41 Å². The Morgan fingerprint density at radius 1 is 1.29 bits per heavy atom. The summed E-state index contributed by atoms with van der Waals surface area (Å²) in [7, 11) is 0. The van der Waals surface area contributed by atoms with Gasteiger partial charge >= 0.3 is 0 Å². The Hall–Kier alpha value is -1.98. The van der Waals surface area contributed by atoms with Gasteiger partial charge in [0.25, 0.3) is 0 Å². The van der Waals surface area contributed by atoms with Gasteiger partial charge in [-0.15, -0.1) is 5.10 Å². The molecule has 2 rings (SSSR count). The Balaban J connectivity index is 2.58. The summed E-state index contributed by atoms with van der Waals surface area (Å²) in [6.45, 7) is 5.98. The Morgan fingerprint density at radius 2 is 2.00 bits per heavy atom. The average Bonchev–Trinajstić information content (AvgIpc) is 2.65. The van der Waals surface area contributed by atoms with Crippen LogP contribution in [0.15, 0.2) is 18.2 Å². The molecule has 0 spiro atoms. The zero-order valence-corrected chi connectivity index (χ0v) is 9.98. The van der Waals surface area contributed by atoms with Crippen LogP contribution < -0.4 is 5.73 Å². The van der Waals surface area contributed by atoms with Gasteiger partial charge in [-0.05, 0) is 28.6 Å². The van der Waals surface area contributed by atoms with E-state index in [1.165, 1.54) is 16.8 Å². The molecule has 0 amide bonds. The van der Waals surface area contributed by atoms with E-state index < -0.39 is 0 Å². The average molecular weight is 235 g/mol. The Kier molecular flexibility index (Phi) is 2.57. The summed E-state index contributed by atoms with van der Waals surface area (Å²) >= 11 is 0. The minimum Gasteiger partial charge on any atom is -0.397 e. The van der Waals surface area contributed by atoms with E-state index in [1.807, 2.05) is 20.8 Å². The van der Waals surface area contributed by atoms with Crippen LogP contribution in [-0.4, -0.2) is 20.2 Å². The third-order valence-corrected chi connectivity index (χ3v) is 2.36. The lowest BCUT2D eigenvalue weighted by Crippen LogP contribution is -2.19. The predicted octanol–water partition coefficient (Wildman–Crippen LogP) is 1.68. The molecular weight excluding hydrogens is 221 g/mol. The highest BCUT2D eigenvalue weighted by Crippen LogP contribution is 2.24. The van der Waals surface area contributed by atoms with Crippen LogP contribution in [0.3, 0.4) is 0 Å². The van der Waals surface area contributed by atoms with Gasteiger partial charge in [-0.25, -0.2) is 4.39 Å². The molecule has 6 heteroatoms. The van der Waals surface area contributed by atoms with E-state index >= 15 is 0 Å². The van der Waals surface area contributed by atoms with E-state index in [9.17, 15) is 4.39 Å². The van der Waals surface area contributed by atoms with Crippen molar-refractivity contribution in [2.75, 3.05) is 5.73 Å². The van der Waals surface area contributed by atoms with E-state index in [-0.39, 0.29) is 11.2 Å². The fraction of sp³-hybridized carbons (Fsp3) is 0.364. The zero-order valence-electron chi connectivity index (χ0n) is 9.98. The van der Waals surface area contributed by atoms with Crippen LogP contribution in [-0.2, 0) is 5.41 Å². The highest BCUT2D eigenvalue weighted by Gasteiger charge is 2.23. The summed E-state index contributed by atoms with van der Waals surface area (Å²) in [5.74, 6) is 0.299. The third-order valence-electron chi connectivity index (χ3n) is 2.36. The van der Waals surface area contributed by atoms with Gasteiger partial charge in [0.1, 0.15) is 5.82 Å². The van der Waals surface area contributed by atoms with Crippen molar-refractivity contribution < 1.29 is 4.39 Å². The van der Waals surface area contributed by atoms with Gasteiger partial charge in [-0.2, -0.15) is 4.68 Å². The van der Waals surface area contributed by atoms with Gasteiger partial charge in [-0.3, -0.25) is 0 Å². The first kappa shape index (κ1) is 11.5. The summed E-state index contributed by atoms with van der Waals surface area (Å²) in [5.41, 5.74) is 6.44. The standard InChI is InChI=1S/C11H14FN5/c1-11(2,3)10-14-15-16-17(10)9-5-4-7(12)6-8(9)13/h4-6H,13H2,1-3H3. The van der Waals surface area contributed by atoms with E-state index in [0.29, 0.717) is 17.2 Å². The van der Waals surface area contributed by atoms with Crippen molar-refractivity contribution in [2.45, 2.75) is 26.2 Å². The molecule has 0 bridgehead atoms. The molecule has 0 fully saturated rings. The molecule has 2 N–H and O–H groups in total. The van der Waals surface area contributed by atoms with Gasteiger partial charge < -0.3 is 5.73 Å². The van der Waals surface area contributed by atoms with Gasteiger partial charge in [0.2, 0.25) is 0 Å². The molecule has 0 saturated heterocycles. The summed E-state index contributed by atoms with van der Waals surface area (Å²) in [5, 5.41) is 11.5. The minimum absolute atomic E-state index is 0.218. The molecule has 0 radical (unpaired) electrons. The first-order valence-electron chi connectivity index (χ1n) is 5.24. The predicted molar refractivity (Wildman–Crippen MR) is 62.2 cm³/mol. The number of nitrogen functional groups attached to an aromatic ring is 1. The lowest BCUT2D eigenvalue weighted by molar-refractivity contribution is 0.526. The number of halogens is 1. The van der Waals surface area contributed by atoms with Crippen molar-refractivity contribution in [3.8, 4) is 5.69 Å². The van der Waals surface area contributed by atoms with E-state index in [0.717, 1.165) is 0 Å². The molecule has 1 aromatic carbocycles. The number of hydrogen-bond donors (Lipinski definition) is 1. The summed E-state index contributed by atoms with van der Waals surface area (Å²) < 4.78 is 14.5. The molecule has 17 heavy (non-hydrogen) atoms. The molecule has 0 aliphatic carbocycles. The van der Waals surface area contributed by atoms with Crippen molar-refractivity contribution in [1.82, 2.24) is 20.2 Å². The van der Waals surface area contributed by atoms with Crippen molar-refractivity contribution in [2.24, 2.45) is 0 Å². The van der Waals surface area contributed by atoms with Crippen LogP contribution >= 0.6 is 0 Å². The first-order valence-corrected chi connectivity index (χ1v) is 5.24. The maximum Gasteiger partial charge on any atom is 0.162 e. The molecule has 0 aliphatic rings. The Labute approximate surface area is 98.4 Å². The third kappa shape index (κ3) is 2.11. The molecule has 0 aliphatic heterocycles. The molecule has 0 atom stereocenters. The SMILES string of the molecule is CC(C)(C)c1nnnn1-c1ccc(F)cc1N. The van der Waals surface area contributed by atoms with Gasteiger partial charge in [-0.1, -0.05) is 20.8 Å². The monoisotopic (exact) mass is 235 g/mol. The quantitative estimate of drug-likeness (QED) is 0.763. The van der Waals surface area contributed by atoms with Crippen molar-refractivity contribution in [3.05, 3.63) is 29.8 Å². The van der Waals surface area contributed by atoms with Gasteiger partial charge in [0.05, 0.1) is 11.4 Å². The van der Waals surface area contributed by atoms with E-state index in [1.54, 1.807) is 6.07 Å². The molecule has 0 unspecified atom stereocenters. The number of rotatable bonds is 1. The number of aromatic nitrogens is 4. The highest BCUT2D eigenvalue weighted by atomic mass is 19.1.